The molecule has 0 N–H and O–H groups in total. The molecule has 0 aliphatic heterocycles. The standard InChI is InChI=1S/C16H9N3O3/c20-16-12(8-10-4-1-2-6-13(10)21-16)15-19-18-14(22-15)11-5-3-7-17-9-11/h1-9H. The average molecular weight is 291 g/mol. The summed E-state index contributed by atoms with van der Waals surface area (Å²) in [7, 11) is 0. The van der Waals surface area contributed by atoms with E-state index < -0.39 is 5.63 Å². The highest BCUT2D eigenvalue weighted by molar-refractivity contribution is 5.80. The minimum atomic E-state index is -0.514. The molecule has 0 spiro atoms. The fourth-order valence-electron chi connectivity index (χ4n) is 2.15. The Balaban J connectivity index is 1.84. The third-order valence-corrected chi connectivity index (χ3v) is 3.21. The SMILES string of the molecule is O=c1oc2ccccc2cc1-c1nnc(-c2cccnc2)o1. The van der Waals surface area contributed by atoms with Crippen molar-refractivity contribution in [3.05, 3.63) is 65.3 Å². The number of benzene rings is 1. The second kappa shape index (κ2) is 4.92. The number of nitrogens with zero attached hydrogens (tertiary/aromatic N) is 3. The zero-order valence-electron chi connectivity index (χ0n) is 11.3. The van der Waals surface area contributed by atoms with E-state index in [0.717, 1.165) is 5.39 Å². The smallest absolute Gasteiger partial charge is 0.349 e. The van der Waals surface area contributed by atoms with E-state index in [0.29, 0.717) is 17.0 Å². The van der Waals surface area contributed by atoms with Gasteiger partial charge in [-0.25, -0.2) is 4.79 Å². The van der Waals surface area contributed by atoms with Crippen LogP contribution >= 0.6 is 0 Å². The lowest BCUT2D eigenvalue weighted by molar-refractivity contribution is 0.547. The van der Waals surface area contributed by atoms with Gasteiger partial charge in [-0.2, -0.15) is 0 Å². The molecular weight excluding hydrogens is 282 g/mol. The predicted molar refractivity (Wildman–Crippen MR) is 79.0 cm³/mol. The van der Waals surface area contributed by atoms with Gasteiger partial charge in [0.1, 0.15) is 11.1 Å². The molecular formula is C16H9N3O3. The molecule has 4 rings (SSSR count). The van der Waals surface area contributed by atoms with E-state index in [1.165, 1.54) is 0 Å². The topological polar surface area (TPSA) is 82.0 Å². The Hall–Kier alpha value is -3.28. The maximum Gasteiger partial charge on any atom is 0.349 e. The summed E-state index contributed by atoms with van der Waals surface area (Å²) in [6.07, 6.45) is 3.26. The maximum atomic E-state index is 12.1. The minimum absolute atomic E-state index is 0.123. The highest BCUT2D eigenvalue weighted by Crippen LogP contribution is 2.23. The summed E-state index contributed by atoms with van der Waals surface area (Å²) >= 11 is 0. The first kappa shape index (κ1) is 12.5. The largest absolute Gasteiger partial charge is 0.422 e. The number of aromatic nitrogens is 3. The van der Waals surface area contributed by atoms with E-state index in [1.54, 1.807) is 42.7 Å². The van der Waals surface area contributed by atoms with Crippen molar-refractivity contribution < 1.29 is 8.83 Å². The number of hydrogen-bond donors (Lipinski definition) is 0. The summed E-state index contributed by atoms with van der Waals surface area (Å²) in [5.41, 5.74) is 0.927. The van der Waals surface area contributed by atoms with Crippen LogP contribution in [0.3, 0.4) is 0 Å². The monoisotopic (exact) mass is 291 g/mol. The molecule has 3 aromatic heterocycles. The van der Waals surface area contributed by atoms with Gasteiger partial charge in [0.15, 0.2) is 0 Å². The Morgan fingerprint density at radius 3 is 2.64 bits per heavy atom. The molecule has 0 radical (unpaired) electrons. The summed E-state index contributed by atoms with van der Waals surface area (Å²) in [5, 5.41) is 8.66. The molecule has 0 saturated heterocycles. The molecule has 1 aromatic carbocycles. The summed E-state index contributed by atoms with van der Waals surface area (Å²) < 4.78 is 10.8. The molecule has 0 fully saturated rings. The molecule has 0 amide bonds. The second-order valence-electron chi connectivity index (χ2n) is 4.64. The summed E-state index contributed by atoms with van der Waals surface area (Å²) in [5.74, 6) is 0.425. The Morgan fingerprint density at radius 1 is 0.909 bits per heavy atom. The fraction of sp³-hybridized carbons (Fsp3) is 0. The molecule has 6 nitrogen and oxygen atoms in total. The average Bonchev–Trinajstić information content (AvgIpc) is 3.05. The molecule has 0 unspecified atom stereocenters. The van der Waals surface area contributed by atoms with Crippen LogP contribution in [0.5, 0.6) is 0 Å². The fourth-order valence-corrected chi connectivity index (χ4v) is 2.15. The van der Waals surface area contributed by atoms with Gasteiger partial charge in [-0.3, -0.25) is 4.98 Å². The van der Waals surface area contributed by atoms with Crippen molar-refractivity contribution in [3.63, 3.8) is 0 Å². The third-order valence-electron chi connectivity index (χ3n) is 3.21. The minimum Gasteiger partial charge on any atom is -0.422 e. The van der Waals surface area contributed by atoms with Gasteiger partial charge in [-0.05, 0) is 24.3 Å². The zero-order chi connectivity index (χ0) is 14.9. The molecule has 6 heteroatoms. The molecule has 3 heterocycles. The van der Waals surface area contributed by atoms with Gasteiger partial charge < -0.3 is 8.83 Å². The van der Waals surface area contributed by atoms with E-state index in [9.17, 15) is 4.79 Å². The quantitative estimate of drug-likeness (QED) is 0.528. The van der Waals surface area contributed by atoms with Gasteiger partial charge in [0.05, 0.1) is 5.56 Å². The highest BCUT2D eigenvalue weighted by Gasteiger charge is 2.15. The summed E-state index contributed by atoms with van der Waals surface area (Å²) in [6.45, 7) is 0. The van der Waals surface area contributed by atoms with Gasteiger partial charge in [-0.15, -0.1) is 10.2 Å². The molecule has 0 saturated carbocycles. The van der Waals surface area contributed by atoms with Gasteiger partial charge in [0.25, 0.3) is 5.89 Å². The third kappa shape index (κ3) is 2.07. The predicted octanol–water partition coefficient (Wildman–Crippen LogP) is 2.91. The Morgan fingerprint density at radius 2 is 1.77 bits per heavy atom. The lowest BCUT2D eigenvalue weighted by atomic mass is 10.2. The van der Waals surface area contributed by atoms with Crippen LogP contribution in [-0.4, -0.2) is 15.2 Å². The van der Waals surface area contributed by atoms with Crippen molar-refractivity contribution in [2.24, 2.45) is 0 Å². The van der Waals surface area contributed by atoms with Crippen molar-refractivity contribution in [3.8, 4) is 22.9 Å². The Bertz CT molecular complexity index is 1010. The van der Waals surface area contributed by atoms with Crippen LogP contribution in [-0.2, 0) is 0 Å². The van der Waals surface area contributed by atoms with Crippen LogP contribution in [0.2, 0.25) is 0 Å². The van der Waals surface area contributed by atoms with Crippen molar-refractivity contribution in [2.45, 2.75) is 0 Å². The van der Waals surface area contributed by atoms with Crippen LogP contribution in [0.15, 0.2) is 68.5 Å². The van der Waals surface area contributed by atoms with E-state index >= 15 is 0 Å². The van der Waals surface area contributed by atoms with Crippen molar-refractivity contribution in [1.29, 1.82) is 0 Å². The van der Waals surface area contributed by atoms with Crippen LogP contribution in [0.1, 0.15) is 0 Å². The number of fused-ring (bicyclic) bond motifs is 1. The van der Waals surface area contributed by atoms with Crippen molar-refractivity contribution in [2.75, 3.05) is 0 Å². The Kier molecular flexibility index (Phi) is 2.79. The molecule has 0 bridgehead atoms. The van der Waals surface area contributed by atoms with Crippen LogP contribution < -0.4 is 5.63 Å². The van der Waals surface area contributed by atoms with Gasteiger partial charge in [0.2, 0.25) is 5.89 Å². The number of pyridine rings is 1. The van der Waals surface area contributed by atoms with E-state index in [1.807, 2.05) is 12.1 Å². The van der Waals surface area contributed by atoms with Crippen LogP contribution in [0.4, 0.5) is 0 Å². The van der Waals surface area contributed by atoms with Gasteiger partial charge in [-0.1, -0.05) is 18.2 Å². The maximum absolute atomic E-state index is 12.1. The summed E-state index contributed by atoms with van der Waals surface area (Å²) in [4.78, 5) is 16.1. The summed E-state index contributed by atoms with van der Waals surface area (Å²) in [6, 6.07) is 12.5. The van der Waals surface area contributed by atoms with Gasteiger partial charge >= 0.3 is 5.63 Å². The molecule has 0 aliphatic rings. The molecule has 4 aromatic rings. The first-order chi connectivity index (χ1) is 10.8. The lowest BCUT2D eigenvalue weighted by Crippen LogP contribution is -2.02. The molecule has 0 atom stereocenters. The number of rotatable bonds is 2. The Labute approximate surface area is 124 Å². The van der Waals surface area contributed by atoms with E-state index in [-0.39, 0.29) is 11.5 Å². The van der Waals surface area contributed by atoms with Crippen molar-refractivity contribution in [1.82, 2.24) is 15.2 Å². The number of para-hydroxylation sites is 1. The molecule has 0 aliphatic carbocycles. The van der Waals surface area contributed by atoms with E-state index in [2.05, 4.69) is 15.2 Å². The molecule has 106 valence electrons. The van der Waals surface area contributed by atoms with Crippen molar-refractivity contribution >= 4 is 11.0 Å². The normalized spacial score (nSPS) is 10.9. The van der Waals surface area contributed by atoms with Crippen LogP contribution in [0.25, 0.3) is 33.9 Å². The number of hydrogen-bond acceptors (Lipinski definition) is 6. The van der Waals surface area contributed by atoms with Gasteiger partial charge in [0, 0.05) is 17.8 Å². The molecule has 22 heavy (non-hydrogen) atoms. The zero-order valence-corrected chi connectivity index (χ0v) is 11.3. The lowest BCUT2D eigenvalue weighted by Gasteiger charge is -1.97. The highest BCUT2D eigenvalue weighted by atomic mass is 16.4. The van der Waals surface area contributed by atoms with Crippen LogP contribution in [0, 0.1) is 0 Å². The first-order valence-corrected chi connectivity index (χ1v) is 6.58. The van der Waals surface area contributed by atoms with E-state index in [4.69, 9.17) is 8.83 Å². The second-order valence-corrected chi connectivity index (χ2v) is 4.64. The first-order valence-electron chi connectivity index (χ1n) is 6.58.